The Hall–Kier alpha value is -4.13. The molecule has 3 aromatic carbocycles. The third-order valence-electron chi connectivity index (χ3n) is 6.99. The molecule has 7 nitrogen and oxygen atoms in total. The zero-order valence-corrected chi connectivity index (χ0v) is 21.3. The van der Waals surface area contributed by atoms with Gasteiger partial charge < -0.3 is 15.0 Å². The summed E-state index contributed by atoms with van der Waals surface area (Å²) in [6.07, 6.45) is 1.61. The van der Waals surface area contributed by atoms with E-state index < -0.39 is 0 Å². The first kappa shape index (κ1) is 24.6. The Kier molecular flexibility index (Phi) is 7.21. The molecule has 2 heterocycles. The molecule has 1 aliphatic heterocycles. The van der Waals surface area contributed by atoms with Crippen molar-refractivity contribution in [2.45, 2.75) is 32.9 Å². The van der Waals surface area contributed by atoms with Gasteiger partial charge in [-0.2, -0.15) is 0 Å². The van der Waals surface area contributed by atoms with Crippen molar-refractivity contribution in [3.8, 4) is 5.75 Å². The molecular formula is C30H32N4O3. The summed E-state index contributed by atoms with van der Waals surface area (Å²) in [5, 5.41) is 3.06. The number of benzene rings is 3. The van der Waals surface area contributed by atoms with Crippen molar-refractivity contribution < 1.29 is 9.53 Å². The van der Waals surface area contributed by atoms with E-state index in [0.29, 0.717) is 32.0 Å². The van der Waals surface area contributed by atoms with E-state index in [-0.39, 0.29) is 17.4 Å². The second kappa shape index (κ2) is 10.9. The Morgan fingerprint density at radius 1 is 1.05 bits per heavy atom. The second-order valence-electron chi connectivity index (χ2n) is 9.66. The van der Waals surface area contributed by atoms with Crippen LogP contribution in [0.2, 0.25) is 0 Å². The van der Waals surface area contributed by atoms with E-state index in [9.17, 15) is 9.59 Å². The van der Waals surface area contributed by atoms with Crippen molar-refractivity contribution in [3.63, 3.8) is 0 Å². The van der Waals surface area contributed by atoms with Crippen LogP contribution in [0.15, 0.2) is 77.6 Å². The number of nitrogens with zero attached hydrogens (tertiary/aromatic N) is 3. The first-order valence-electron chi connectivity index (χ1n) is 12.7. The van der Waals surface area contributed by atoms with Crippen molar-refractivity contribution >= 4 is 22.8 Å². The number of methoxy groups -OCH3 is 1. The number of nitrogens with one attached hydrogen (secondary N) is 1. The Labute approximate surface area is 216 Å². The molecule has 1 saturated heterocycles. The van der Waals surface area contributed by atoms with Crippen LogP contribution in [0.3, 0.4) is 0 Å². The lowest BCUT2D eigenvalue weighted by Crippen LogP contribution is -2.45. The highest BCUT2D eigenvalue weighted by atomic mass is 16.5. The number of hydrogen-bond acceptors (Lipinski definition) is 5. The average molecular weight is 497 g/mol. The zero-order chi connectivity index (χ0) is 25.8. The van der Waals surface area contributed by atoms with E-state index in [2.05, 4.69) is 36.5 Å². The highest BCUT2D eigenvalue weighted by molar-refractivity contribution is 5.80. The van der Waals surface area contributed by atoms with Crippen LogP contribution >= 0.6 is 0 Å². The average Bonchev–Trinajstić information content (AvgIpc) is 2.94. The molecule has 1 amide bonds. The molecule has 0 radical (unpaired) electrons. The van der Waals surface area contributed by atoms with Crippen molar-refractivity contribution in [2.24, 2.45) is 5.92 Å². The number of para-hydroxylation sites is 2. The van der Waals surface area contributed by atoms with Crippen LogP contribution in [0.1, 0.15) is 29.5 Å². The van der Waals surface area contributed by atoms with Crippen molar-refractivity contribution in [2.75, 3.05) is 25.1 Å². The molecule has 0 unspecified atom stereocenters. The minimum atomic E-state index is -0.211. The molecule has 1 aromatic heterocycles. The second-order valence-corrected chi connectivity index (χ2v) is 9.66. The predicted molar refractivity (Wildman–Crippen MR) is 146 cm³/mol. The predicted octanol–water partition coefficient (Wildman–Crippen LogP) is 4.29. The van der Waals surface area contributed by atoms with Gasteiger partial charge in [0.15, 0.2) is 5.82 Å². The van der Waals surface area contributed by atoms with Gasteiger partial charge >= 0.3 is 0 Å². The molecule has 1 fully saturated rings. The summed E-state index contributed by atoms with van der Waals surface area (Å²) in [5.41, 5.74) is 4.67. The summed E-state index contributed by atoms with van der Waals surface area (Å²) in [4.78, 5) is 33.6. The Bertz CT molecular complexity index is 1460. The fourth-order valence-electron chi connectivity index (χ4n) is 4.92. The van der Waals surface area contributed by atoms with Crippen LogP contribution in [0.5, 0.6) is 5.75 Å². The lowest BCUT2D eigenvalue weighted by atomic mass is 9.97. The molecule has 7 heteroatoms. The van der Waals surface area contributed by atoms with Crippen molar-refractivity contribution in [3.05, 3.63) is 99.8 Å². The number of piperidine rings is 1. The normalized spacial score (nSPS) is 15.5. The summed E-state index contributed by atoms with van der Waals surface area (Å²) < 4.78 is 7.08. The largest absolute Gasteiger partial charge is 0.497 e. The number of carbonyl (C=O) groups excluding carboxylic acids is 1. The van der Waals surface area contributed by atoms with Crippen LogP contribution in [-0.2, 0) is 17.9 Å². The van der Waals surface area contributed by atoms with Crippen LogP contribution in [-0.4, -0.2) is 35.7 Å². The van der Waals surface area contributed by atoms with Crippen molar-refractivity contribution in [1.82, 2.24) is 14.9 Å². The number of fused-ring (bicyclic) bond motifs is 1. The van der Waals surface area contributed by atoms with Gasteiger partial charge in [-0.05, 0) is 55.2 Å². The third kappa shape index (κ3) is 5.50. The maximum atomic E-state index is 13.7. The molecule has 0 spiro atoms. The minimum Gasteiger partial charge on any atom is -0.497 e. The van der Waals surface area contributed by atoms with Gasteiger partial charge in [0.05, 0.1) is 30.6 Å². The van der Waals surface area contributed by atoms with Gasteiger partial charge in [0.1, 0.15) is 5.75 Å². The van der Waals surface area contributed by atoms with Gasteiger partial charge in [0.2, 0.25) is 5.91 Å². The minimum absolute atomic E-state index is 0.00621. The number of amides is 1. The van der Waals surface area contributed by atoms with E-state index >= 15 is 0 Å². The third-order valence-corrected chi connectivity index (χ3v) is 6.99. The van der Waals surface area contributed by atoms with Gasteiger partial charge in [-0.15, -0.1) is 0 Å². The number of hydrogen-bond donors (Lipinski definition) is 1. The topological polar surface area (TPSA) is 76.5 Å². The van der Waals surface area contributed by atoms with Crippen LogP contribution in [0.4, 0.5) is 5.82 Å². The number of anilines is 1. The molecule has 190 valence electrons. The first-order valence-corrected chi connectivity index (χ1v) is 12.7. The molecule has 1 atom stereocenters. The van der Waals surface area contributed by atoms with E-state index in [0.717, 1.165) is 40.8 Å². The monoisotopic (exact) mass is 496 g/mol. The summed E-state index contributed by atoms with van der Waals surface area (Å²) >= 11 is 0. The number of carbonyl (C=O) groups is 1. The smallest absolute Gasteiger partial charge is 0.294 e. The fourth-order valence-corrected chi connectivity index (χ4v) is 4.92. The Morgan fingerprint density at radius 3 is 2.68 bits per heavy atom. The summed E-state index contributed by atoms with van der Waals surface area (Å²) in [7, 11) is 1.63. The maximum absolute atomic E-state index is 13.7. The molecule has 0 aliphatic carbocycles. The fraction of sp³-hybridized carbons (Fsp3) is 0.300. The number of aryl methyl sites for hydroxylation is 1. The number of rotatable bonds is 7. The Balaban J connectivity index is 1.37. The lowest BCUT2D eigenvalue weighted by Gasteiger charge is -2.33. The molecular weight excluding hydrogens is 464 g/mol. The van der Waals surface area contributed by atoms with Gasteiger partial charge in [0.25, 0.3) is 5.56 Å². The SMILES string of the molecule is COc1cccc(CNC(=O)[C@H]2CCCN(c3nc4ccccc4n(Cc4ccc(C)cc4)c3=O)C2)c1. The molecule has 1 aliphatic rings. The zero-order valence-electron chi connectivity index (χ0n) is 21.3. The number of ether oxygens (including phenoxy) is 1. The van der Waals surface area contributed by atoms with Gasteiger partial charge in [-0.25, -0.2) is 4.98 Å². The van der Waals surface area contributed by atoms with Crippen LogP contribution in [0.25, 0.3) is 11.0 Å². The quantitative estimate of drug-likeness (QED) is 0.413. The summed E-state index contributed by atoms with van der Waals surface area (Å²) in [6, 6.07) is 23.6. The van der Waals surface area contributed by atoms with Crippen LogP contribution in [0, 0.1) is 12.8 Å². The molecule has 1 N–H and O–H groups in total. The Morgan fingerprint density at radius 2 is 1.86 bits per heavy atom. The van der Waals surface area contributed by atoms with E-state index in [1.165, 1.54) is 5.56 Å². The lowest BCUT2D eigenvalue weighted by molar-refractivity contribution is -0.125. The van der Waals surface area contributed by atoms with Crippen LogP contribution < -0.4 is 20.5 Å². The highest BCUT2D eigenvalue weighted by Crippen LogP contribution is 2.23. The van der Waals surface area contributed by atoms with E-state index in [1.807, 2.05) is 53.4 Å². The standard InChI is InChI=1S/C30H32N4O3/c1-21-12-14-22(15-13-21)19-34-27-11-4-3-10-26(27)32-28(30(34)36)33-16-6-8-24(20-33)29(35)31-18-23-7-5-9-25(17-23)37-2/h3-5,7,9-15,17,24H,6,8,16,18-20H2,1-2H3,(H,31,35)/t24-/m0/s1. The van der Waals surface area contributed by atoms with Gasteiger partial charge in [0, 0.05) is 19.6 Å². The highest BCUT2D eigenvalue weighted by Gasteiger charge is 2.28. The van der Waals surface area contributed by atoms with Gasteiger partial charge in [-0.3, -0.25) is 14.2 Å². The van der Waals surface area contributed by atoms with Crippen molar-refractivity contribution in [1.29, 1.82) is 0 Å². The molecule has 0 saturated carbocycles. The molecule has 5 rings (SSSR count). The summed E-state index contributed by atoms with van der Waals surface area (Å²) in [5.74, 6) is 0.960. The molecule has 37 heavy (non-hydrogen) atoms. The maximum Gasteiger partial charge on any atom is 0.294 e. The summed E-state index contributed by atoms with van der Waals surface area (Å²) in [6.45, 7) is 4.12. The van der Waals surface area contributed by atoms with E-state index in [4.69, 9.17) is 9.72 Å². The molecule has 4 aromatic rings. The van der Waals surface area contributed by atoms with E-state index in [1.54, 1.807) is 11.7 Å². The van der Waals surface area contributed by atoms with Gasteiger partial charge in [-0.1, -0.05) is 54.1 Å². The first-order chi connectivity index (χ1) is 18.0. The number of aromatic nitrogens is 2. The molecule has 0 bridgehead atoms.